The second kappa shape index (κ2) is 10.2. The number of carbonyl (C=O) groups is 3. The molecule has 0 saturated carbocycles. The highest BCUT2D eigenvalue weighted by Gasteiger charge is 2.46. The number of carbonyl (C=O) groups excluding carboxylic acids is 3. The lowest BCUT2D eigenvalue weighted by molar-refractivity contribution is -0.114. The molecule has 0 heterocycles. The van der Waals surface area contributed by atoms with Crippen LogP contribution in [0, 0.1) is 0 Å². The Bertz CT molecular complexity index is 1390. The van der Waals surface area contributed by atoms with Crippen LogP contribution in [-0.2, 0) is 15.0 Å². The topological polar surface area (TPSA) is 75.3 Å². The van der Waals surface area contributed by atoms with E-state index in [-0.39, 0.29) is 29.4 Å². The fourth-order valence-electron chi connectivity index (χ4n) is 5.09. The maximum Gasteiger partial charge on any atom is 0.239 e. The molecule has 4 aromatic rings. The van der Waals surface area contributed by atoms with Gasteiger partial charge in [0.25, 0.3) is 0 Å². The first-order chi connectivity index (χ1) is 18.0. The Labute approximate surface area is 224 Å². The largest absolute Gasteiger partial charge is 0.325 e. The van der Waals surface area contributed by atoms with E-state index in [0.717, 1.165) is 22.3 Å². The predicted octanol–water partition coefficient (Wildman–Crippen LogP) is 5.97. The monoisotopic (exact) mass is 528 g/mol. The van der Waals surface area contributed by atoms with E-state index in [1.54, 1.807) is 0 Å². The quantitative estimate of drug-likeness (QED) is 0.266. The first-order valence-corrected chi connectivity index (χ1v) is 12.7. The van der Waals surface area contributed by atoms with Crippen LogP contribution in [0.4, 0.5) is 11.4 Å². The van der Waals surface area contributed by atoms with E-state index in [9.17, 15) is 14.4 Å². The average molecular weight is 529 g/mol. The minimum atomic E-state index is -0.828. The summed E-state index contributed by atoms with van der Waals surface area (Å²) in [6, 6.07) is 30.4. The molecule has 4 aromatic carbocycles. The van der Waals surface area contributed by atoms with Gasteiger partial charge in [0.15, 0.2) is 5.78 Å². The number of fused-ring (bicyclic) bond motifs is 2. The Morgan fingerprint density at radius 1 is 0.595 bits per heavy atom. The molecule has 0 atom stereocenters. The van der Waals surface area contributed by atoms with Gasteiger partial charge in [-0.3, -0.25) is 14.4 Å². The Morgan fingerprint density at radius 2 is 0.973 bits per heavy atom. The van der Waals surface area contributed by atoms with E-state index in [0.29, 0.717) is 22.5 Å². The Hall–Kier alpha value is -3.93. The van der Waals surface area contributed by atoms with E-state index in [1.165, 1.54) is 0 Å². The zero-order chi connectivity index (χ0) is 26.0. The van der Waals surface area contributed by atoms with Crippen LogP contribution in [0.25, 0.3) is 0 Å². The summed E-state index contributed by atoms with van der Waals surface area (Å²) in [6.07, 6.45) is 0. The van der Waals surface area contributed by atoms with Gasteiger partial charge in [-0.25, -0.2) is 0 Å². The van der Waals surface area contributed by atoms with Gasteiger partial charge < -0.3 is 10.6 Å². The molecule has 0 unspecified atom stereocenters. The van der Waals surface area contributed by atoms with Crippen LogP contribution in [0.15, 0.2) is 97.1 Å². The third kappa shape index (κ3) is 4.31. The van der Waals surface area contributed by atoms with Crippen molar-refractivity contribution in [3.63, 3.8) is 0 Å². The Kier molecular flexibility index (Phi) is 6.83. The summed E-state index contributed by atoms with van der Waals surface area (Å²) in [5.74, 6) is -0.892. The first-order valence-electron chi connectivity index (χ1n) is 11.7. The zero-order valence-corrected chi connectivity index (χ0v) is 21.1. The highest BCUT2D eigenvalue weighted by atomic mass is 35.5. The number of hydrogen-bond acceptors (Lipinski definition) is 3. The Balaban J connectivity index is 1.77. The van der Waals surface area contributed by atoms with Gasteiger partial charge in [0.05, 0.1) is 5.41 Å². The number of ketones is 1. The molecule has 184 valence electrons. The Morgan fingerprint density at radius 3 is 1.35 bits per heavy atom. The third-order valence-corrected chi connectivity index (χ3v) is 7.08. The van der Waals surface area contributed by atoms with Crippen molar-refractivity contribution >= 4 is 52.2 Å². The minimum absolute atomic E-state index is 0.0289. The van der Waals surface area contributed by atoms with E-state index < -0.39 is 5.41 Å². The van der Waals surface area contributed by atoms with E-state index in [1.807, 2.05) is 97.1 Å². The lowest BCUT2D eigenvalue weighted by Crippen LogP contribution is -2.38. The molecular formula is C30H22Cl2N2O3. The second-order valence-corrected chi connectivity index (χ2v) is 9.22. The summed E-state index contributed by atoms with van der Waals surface area (Å²) in [5.41, 5.74) is 5.21. The normalized spacial score (nSPS) is 13.3. The number of halogens is 2. The van der Waals surface area contributed by atoms with Gasteiger partial charge in [-0.15, -0.1) is 23.2 Å². The molecule has 0 spiro atoms. The summed E-state index contributed by atoms with van der Waals surface area (Å²) in [5, 5.41) is 5.55. The lowest BCUT2D eigenvalue weighted by atomic mass is 9.59. The SMILES string of the molecule is O=C(CCl)Nc1ccc(C2(c3ccc(NC(=O)CCl)cc3)c3ccccc3C(=O)c3ccccc32)cc1. The fourth-order valence-corrected chi connectivity index (χ4v) is 5.22. The van der Waals surface area contributed by atoms with Crippen LogP contribution in [0.3, 0.4) is 0 Å². The van der Waals surface area contributed by atoms with Crippen molar-refractivity contribution in [3.05, 3.63) is 130 Å². The highest BCUT2D eigenvalue weighted by Crippen LogP contribution is 2.51. The predicted molar refractivity (Wildman–Crippen MR) is 147 cm³/mol. The standard InChI is InChI=1S/C30H22Cl2N2O3/c31-17-27(35)33-21-13-9-19(10-14-21)30(20-11-15-22(16-12-20)34-28(36)18-32)25-7-3-1-5-23(25)29(37)24-6-2-4-8-26(24)30/h1-16H,17-18H2,(H,33,35)(H,34,36). The number of anilines is 2. The molecule has 0 bridgehead atoms. The number of rotatable bonds is 6. The smallest absolute Gasteiger partial charge is 0.239 e. The zero-order valence-electron chi connectivity index (χ0n) is 19.6. The van der Waals surface area contributed by atoms with Crippen LogP contribution in [-0.4, -0.2) is 29.4 Å². The van der Waals surface area contributed by atoms with E-state index in [2.05, 4.69) is 10.6 Å². The summed E-state index contributed by atoms with van der Waals surface area (Å²) in [7, 11) is 0. The van der Waals surface area contributed by atoms with Gasteiger partial charge in [-0.1, -0.05) is 72.8 Å². The van der Waals surface area contributed by atoms with Crippen molar-refractivity contribution in [2.45, 2.75) is 5.41 Å². The maximum absolute atomic E-state index is 13.6. The van der Waals surface area contributed by atoms with Gasteiger partial charge in [0, 0.05) is 22.5 Å². The van der Waals surface area contributed by atoms with Gasteiger partial charge in [0.2, 0.25) is 11.8 Å². The molecule has 0 fully saturated rings. The summed E-state index contributed by atoms with van der Waals surface area (Å²) in [4.78, 5) is 37.2. The molecule has 5 rings (SSSR count). The van der Waals surface area contributed by atoms with E-state index >= 15 is 0 Å². The molecule has 0 radical (unpaired) electrons. The van der Waals surface area contributed by atoms with Gasteiger partial charge in [-0.05, 0) is 46.5 Å². The van der Waals surface area contributed by atoms with Gasteiger partial charge in [-0.2, -0.15) is 0 Å². The van der Waals surface area contributed by atoms with Crippen molar-refractivity contribution in [1.29, 1.82) is 0 Å². The molecule has 5 nitrogen and oxygen atoms in total. The van der Waals surface area contributed by atoms with Crippen molar-refractivity contribution in [2.24, 2.45) is 0 Å². The van der Waals surface area contributed by atoms with Crippen molar-refractivity contribution < 1.29 is 14.4 Å². The first kappa shape index (κ1) is 24.8. The van der Waals surface area contributed by atoms with Crippen LogP contribution in [0.1, 0.15) is 38.2 Å². The molecule has 37 heavy (non-hydrogen) atoms. The van der Waals surface area contributed by atoms with Crippen molar-refractivity contribution in [2.75, 3.05) is 22.4 Å². The molecule has 2 N–H and O–H groups in total. The van der Waals surface area contributed by atoms with Crippen LogP contribution < -0.4 is 10.6 Å². The molecule has 1 aliphatic carbocycles. The molecule has 0 aromatic heterocycles. The highest BCUT2D eigenvalue weighted by molar-refractivity contribution is 6.29. The maximum atomic E-state index is 13.6. The van der Waals surface area contributed by atoms with Crippen LogP contribution >= 0.6 is 23.2 Å². The molecular weight excluding hydrogens is 507 g/mol. The number of hydrogen-bond donors (Lipinski definition) is 2. The average Bonchev–Trinajstić information content (AvgIpc) is 2.95. The molecule has 0 aliphatic heterocycles. The third-order valence-electron chi connectivity index (χ3n) is 6.60. The number of nitrogens with one attached hydrogen (secondary N) is 2. The summed E-state index contributed by atoms with van der Waals surface area (Å²) >= 11 is 11.3. The lowest BCUT2D eigenvalue weighted by Gasteiger charge is -2.41. The summed E-state index contributed by atoms with van der Waals surface area (Å²) < 4.78 is 0. The molecule has 2 amide bonds. The minimum Gasteiger partial charge on any atom is -0.325 e. The fraction of sp³-hybridized carbons (Fsp3) is 0.100. The molecule has 1 aliphatic rings. The number of alkyl halides is 2. The molecule has 0 saturated heterocycles. The van der Waals surface area contributed by atoms with Crippen molar-refractivity contribution in [3.8, 4) is 0 Å². The summed E-state index contributed by atoms with van der Waals surface area (Å²) in [6.45, 7) is 0. The van der Waals surface area contributed by atoms with Gasteiger partial charge >= 0.3 is 0 Å². The van der Waals surface area contributed by atoms with E-state index in [4.69, 9.17) is 23.2 Å². The second-order valence-electron chi connectivity index (χ2n) is 8.69. The van der Waals surface area contributed by atoms with Crippen LogP contribution in [0.2, 0.25) is 0 Å². The van der Waals surface area contributed by atoms with Crippen LogP contribution in [0.5, 0.6) is 0 Å². The van der Waals surface area contributed by atoms with Crippen molar-refractivity contribution in [1.82, 2.24) is 0 Å². The number of amides is 2. The number of benzene rings is 4. The van der Waals surface area contributed by atoms with Gasteiger partial charge in [0.1, 0.15) is 11.8 Å². The molecule has 7 heteroatoms.